The Bertz CT molecular complexity index is 744. The van der Waals surface area contributed by atoms with Crippen LogP contribution in [-0.2, 0) is 0 Å². The van der Waals surface area contributed by atoms with Crippen molar-refractivity contribution in [1.82, 2.24) is 14.5 Å². The third-order valence-corrected chi connectivity index (χ3v) is 3.52. The number of imidazole rings is 1. The van der Waals surface area contributed by atoms with Crippen LogP contribution < -0.4 is 5.73 Å². The molecule has 0 unspecified atom stereocenters. The molecule has 0 atom stereocenters. The molecule has 0 bridgehead atoms. The topological polar surface area (TPSA) is 56.7 Å². The molecule has 3 rings (SSSR count). The number of pyridine rings is 1. The van der Waals surface area contributed by atoms with Crippen LogP contribution in [0, 0.1) is 6.92 Å². The van der Waals surface area contributed by atoms with Gasteiger partial charge in [-0.3, -0.25) is 4.57 Å². The Labute approximate surface area is 125 Å². The van der Waals surface area contributed by atoms with Gasteiger partial charge < -0.3 is 5.73 Å². The van der Waals surface area contributed by atoms with E-state index >= 15 is 0 Å². The van der Waals surface area contributed by atoms with Crippen molar-refractivity contribution >= 4 is 21.7 Å². The van der Waals surface area contributed by atoms with Crippen molar-refractivity contribution in [3.8, 4) is 16.9 Å². The first-order valence-corrected chi connectivity index (χ1v) is 6.95. The summed E-state index contributed by atoms with van der Waals surface area (Å²) in [5, 5.41) is 0. The Morgan fingerprint density at radius 3 is 2.85 bits per heavy atom. The Kier molecular flexibility index (Phi) is 3.28. The predicted octanol–water partition coefficient (Wildman–Crippen LogP) is 3.59. The van der Waals surface area contributed by atoms with Crippen molar-refractivity contribution in [3.05, 3.63) is 59.1 Å². The lowest BCUT2D eigenvalue weighted by Gasteiger charge is -2.11. The first-order valence-electron chi connectivity index (χ1n) is 6.16. The van der Waals surface area contributed by atoms with Gasteiger partial charge in [0.05, 0.1) is 18.2 Å². The zero-order chi connectivity index (χ0) is 14.1. The zero-order valence-corrected chi connectivity index (χ0v) is 12.5. The van der Waals surface area contributed by atoms with E-state index in [2.05, 4.69) is 45.0 Å². The highest BCUT2D eigenvalue weighted by Gasteiger charge is 2.10. The van der Waals surface area contributed by atoms with Crippen molar-refractivity contribution in [1.29, 1.82) is 0 Å². The average molecular weight is 329 g/mol. The summed E-state index contributed by atoms with van der Waals surface area (Å²) in [6.07, 6.45) is 5.26. The predicted molar refractivity (Wildman–Crippen MR) is 83.6 cm³/mol. The van der Waals surface area contributed by atoms with Gasteiger partial charge in [0.25, 0.3) is 0 Å². The molecule has 1 aromatic carbocycles. The molecule has 0 amide bonds. The third-order valence-electron chi connectivity index (χ3n) is 3.06. The standard InChI is InChI=1S/C15H13BrN4/c1-10-5-11(16)7-12(6-10)20-9-18-8-14(20)13-3-2-4-19-15(13)17/h2-9H,1H3,(H2,17,19). The van der Waals surface area contributed by atoms with Gasteiger partial charge in [-0.1, -0.05) is 15.9 Å². The van der Waals surface area contributed by atoms with Crippen molar-refractivity contribution in [2.24, 2.45) is 0 Å². The maximum Gasteiger partial charge on any atom is 0.132 e. The number of hydrogen-bond donors (Lipinski definition) is 1. The van der Waals surface area contributed by atoms with Crippen molar-refractivity contribution < 1.29 is 0 Å². The average Bonchev–Trinajstić information content (AvgIpc) is 2.87. The number of nitrogens with two attached hydrogens (primary N) is 1. The number of aryl methyl sites for hydroxylation is 1. The number of nitrogen functional groups attached to an aromatic ring is 1. The third kappa shape index (κ3) is 2.32. The molecule has 0 spiro atoms. The number of hydrogen-bond acceptors (Lipinski definition) is 3. The molecule has 2 aromatic heterocycles. The molecule has 3 aromatic rings. The van der Waals surface area contributed by atoms with Crippen LogP contribution in [0.1, 0.15) is 5.56 Å². The molecular formula is C15H13BrN4. The number of halogens is 1. The van der Waals surface area contributed by atoms with Crippen LogP contribution in [0.3, 0.4) is 0 Å². The number of aromatic nitrogens is 3. The molecule has 5 heteroatoms. The lowest BCUT2D eigenvalue weighted by Crippen LogP contribution is -1.99. The molecule has 0 aliphatic carbocycles. The van der Waals surface area contributed by atoms with Crippen LogP contribution in [-0.4, -0.2) is 14.5 Å². The van der Waals surface area contributed by atoms with Gasteiger partial charge in [-0.05, 0) is 42.8 Å². The van der Waals surface area contributed by atoms with E-state index in [0.717, 1.165) is 21.4 Å². The summed E-state index contributed by atoms with van der Waals surface area (Å²) in [5.41, 5.74) is 9.97. The smallest absolute Gasteiger partial charge is 0.132 e. The van der Waals surface area contributed by atoms with Crippen LogP contribution in [0.25, 0.3) is 16.9 Å². The Morgan fingerprint density at radius 2 is 2.10 bits per heavy atom. The molecule has 0 aliphatic heterocycles. The van der Waals surface area contributed by atoms with Gasteiger partial charge in [-0.2, -0.15) is 0 Å². The van der Waals surface area contributed by atoms with Crippen LogP contribution in [0.2, 0.25) is 0 Å². The molecule has 4 nitrogen and oxygen atoms in total. The minimum atomic E-state index is 0.501. The quantitative estimate of drug-likeness (QED) is 0.782. The SMILES string of the molecule is Cc1cc(Br)cc(-n2cncc2-c2cccnc2N)c1. The molecule has 2 N–H and O–H groups in total. The highest BCUT2D eigenvalue weighted by molar-refractivity contribution is 9.10. The highest BCUT2D eigenvalue weighted by atomic mass is 79.9. The normalized spacial score (nSPS) is 10.7. The minimum absolute atomic E-state index is 0.501. The lowest BCUT2D eigenvalue weighted by atomic mass is 10.1. The second-order valence-corrected chi connectivity index (χ2v) is 5.49. The molecule has 0 radical (unpaired) electrons. The van der Waals surface area contributed by atoms with Crippen molar-refractivity contribution in [2.45, 2.75) is 6.92 Å². The number of nitrogens with zero attached hydrogens (tertiary/aromatic N) is 3. The van der Waals surface area contributed by atoms with Crippen molar-refractivity contribution in [3.63, 3.8) is 0 Å². The second-order valence-electron chi connectivity index (χ2n) is 4.57. The van der Waals surface area contributed by atoms with Gasteiger partial charge in [0.1, 0.15) is 5.82 Å². The molecule has 0 saturated carbocycles. The van der Waals surface area contributed by atoms with Gasteiger partial charge >= 0.3 is 0 Å². The van der Waals surface area contributed by atoms with Crippen LogP contribution >= 0.6 is 15.9 Å². The first-order chi connectivity index (χ1) is 9.65. The molecule has 0 fully saturated rings. The van der Waals surface area contributed by atoms with Gasteiger partial charge in [0, 0.05) is 21.9 Å². The van der Waals surface area contributed by atoms with E-state index in [0.29, 0.717) is 5.82 Å². The second kappa shape index (κ2) is 5.09. The Hall–Kier alpha value is -2.14. The van der Waals surface area contributed by atoms with Crippen LogP contribution in [0.5, 0.6) is 0 Å². The Morgan fingerprint density at radius 1 is 1.25 bits per heavy atom. The van der Waals surface area contributed by atoms with Gasteiger partial charge in [0.15, 0.2) is 0 Å². The van der Waals surface area contributed by atoms with E-state index in [-0.39, 0.29) is 0 Å². The molecule has 0 aliphatic rings. The first kappa shape index (κ1) is 12.9. The number of anilines is 1. The molecule has 20 heavy (non-hydrogen) atoms. The van der Waals surface area contributed by atoms with Gasteiger partial charge in [-0.15, -0.1) is 0 Å². The maximum absolute atomic E-state index is 5.96. The molecule has 0 saturated heterocycles. The summed E-state index contributed by atoms with van der Waals surface area (Å²) >= 11 is 3.52. The minimum Gasteiger partial charge on any atom is -0.383 e. The summed E-state index contributed by atoms with van der Waals surface area (Å²) in [7, 11) is 0. The van der Waals surface area contributed by atoms with E-state index in [1.165, 1.54) is 5.56 Å². The fourth-order valence-electron chi connectivity index (χ4n) is 2.19. The number of benzene rings is 1. The summed E-state index contributed by atoms with van der Waals surface area (Å²) in [4.78, 5) is 8.37. The monoisotopic (exact) mass is 328 g/mol. The fraction of sp³-hybridized carbons (Fsp3) is 0.0667. The van der Waals surface area contributed by atoms with E-state index in [1.54, 1.807) is 18.7 Å². The van der Waals surface area contributed by atoms with Gasteiger partial charge in [0.2, 0.25) is 0 Å². The largest absolute Gasteiger partial charge is 0.383 e. The van der Waals surface area contributed by atoms with E-state index in [1.807, 2.05) is 22.8 Å². The zero-order valence-electron chi connectivity index (χ0n) is 10.9. The summed E-state index contributed by atoms with van der Waals surface area (Å²) in [6.45, 7) is 2.06. The van der Waals surface area contributed by atoms with E-state index in [4.69, 9.17) is 5.73 Å². The summed E-state index contributed by atoms with van der Waals surface area (Å²) < 4.78 is 3.04. The fourth-order valence-corrected chi connectivity index (χ4v) is 2.79. The highest BCUT2D eigenvalue weighted by Crippen LogP contribution is 2.27. The van der Waals surface area contributed by atoms with E-state index < -0.39 is 0 Å². The lowest BCUT2D eigenvalue weighted by molar-refractivity contribution is 1.06. The molecular weight excluding hydrogens is 316 g/mol. The van der Waals surface area contributed by atoms with E-state index in [9.17, 15) is 0 Å². The van der Waals surface area contributed by atoms with Crippen LogP contribution in [0.4, 0.5) is 5.82 Å². The molecule has 2 heterocycles. The number of rotatable bonds is 2. The van der Waals surface area contributed by atoms with Crippen LogP contribution in [0.15, 0.2) is 53.5 Å². The summed E-state index contributed by atoms with van der Waals surface area (Å²) in [5.74, 6) is 0.501. The van der Waals surface area contributed by atoms with Crippen molar-refractivity contribution in [2.75, 3.05) is 5.73 Å². The maximum atomic E-state index is 5.96. The van der Waals surface area contributed by atoms with Gasteiger partial charge in [-0.25, -0.2) is 9.97 Å². The Balaban J connectivity index is 2.18. The molecule has 100 valence electrons. The summed E-state index contributed by atoms with van der Waals surface area (Å²) in [6, 6.07) is 10.0.